The Kier molecular flexibility index (Phi) is 2.12. The van der Waals surface area contributed by atoms with E-state index in [1.807, 2.05) is 25.1 Å². The minimum absolute atomic E-state index is 0.556. The van der Waals surface area contributed by atoms with E-state index < -0.39 is 0 Å². The van der Waals surface area contributed by atoms with Crippen molar-refractivity contribution in [2.45, 2.75) is 12.8 Å². The highest BCUT2D eigenvalue weighted by atomic mass is 35.5. The Balaban J connectivity index is 2.88. The number of alkyl halides is 1. The second-order valence-electron chi connectivity index (χ2n) is 2.02. The van der Waals surface area contributed by atoms with Crippen LogP contribution in [0.25, 0.3) is 0 Å². The molecule has 0 spiro atoms. The van der Waals surface area contributed by atoms with Crippen LogP contribution in [0.15, 0.2) is 18.2 Å². The first-order valence-corrected chi connectivity index (χ1v) is 3.39. The molecule has 1 rings (SSSR count). The molecule has 0 nitrogen and oxygen atoms in total. The first-order chi connectivity index (χ1) is 4.33. The van der Waals surface area contributed by atoms with Gasteiger partial charge in [0.25, 0.3) is 0 Å². The summed E-state index contributed by atoms with van der Waals surface area (Å²) in [6, 6.07) is 9.02. The van der Waals surface area contributed by atoms with E-state index in [4.69, 9.17) is 11.6 Å². The largest absolute Gasteiger partial charge is 0.122 e. The fraction of sp³-hybridized carbons (Fsp3) is 0.250. The molecule has 0 unspecified atom stereocenters. The lowest BCUT2D eigenvalue weighted by Gasteiger charge is -1.92. The van der Waals surface area contributed by atoms with Gasteiger partial charge in [-0.3, -0.25) is 0 Å². The van der Waals surface area contributed by atoms with E-state index in [1.165, 1.54) is 5.56 Å². The molecule has 9 heavy (non-hydrogen) atoms. The molecular weight excluding hydrogens is 132 g/mol. The second-order valence-corrected chi connectivity index (χ2v) is 2.29. The van der Waals surface area contributed by atoms with Crippen LogP contribution in [0.1, 0.15) is 11.1 Å². The Labute approximate surface area is 60.5 Å². The topological polar surface area (TPSA) is 0 Å². The van der Waals surface area contributed by atoms with Crippen molar-refractivity contribution in [1.82, 2.24) is 0 Å². The molecule has 1 heteroatoms. The van der Waals surface area contributed by atoms with Crippen molar-refractivity contribution in [2.24, 2.45) is 0 Å². The van der Waals surface area contributed by atoms with Gasteiger partial charge < -0.3 is 0 Å². The van der Waals surface area contributed by atoms with Crippen molar-refractivity contribution in [1.29, 1.82) is 0 Å². The third kappa shape index (κ3) is 1.72. The maximum absolute atomic E-state index is 5.55. The molecule has 0 heterocycles. The Hall–Kier alpha value is -0.490. The maximum atomic E-state index is 5.55. The summed E-state index contributed by atoms with van der Waals surface area (Å²) in [5.74, 6) is 0.556. The molecular formula is C8H8Cl. The summed E-state index contributed by atoms with van der Waals surface area (Å²) >= 11 is 5.55. The van der Waals surface area contributed by atoms with E-state index in [0.29, 0.717) is 5.88 Å². The molecule has 0 aromatic heterocycles. The van der Waals surface area contributed by atoms with Crippen LogP contribution in [0, 0.1) is 13.0 Å². The van der Waals surface area contributed by atoms with Gasteiger partial charge in [-0.15, -0.1) is 11.6 Å². The lowest BCUT2D eigenvalue weighted by Crippen LogP contribution is -1.76. The van der Waals surface area contributed by atoms with E-state index >= 15 is 0 Å². The normalized spacial score (nSPS) is 9.56. The van der Waals surface area contributed by atoms with Crippen LogP contribution in [0.2, 0.25) is 0 Å². The number of hydrogen-bond donors (Lipinski definition) is 0. The van der Waals surface area contributed by atoms with Crippen molar-refractivity contribution < 1.29 is 0 Å². The van der Waals surface area contributed by atoms with Crippen molar-refractivity contribution in [3.63, 3.8) is 0 Å². The molecule has 1 radical (unpaired) electrons. The monoisotopic (exact) mass is 139 g/mol. The number of aryl methyl sites for hydroxylation is 1. The smallest absolute Gasteiger partial charge is 0.0480 e. The minimum atomic E-state index is 0.556. The fourth-order valence-electron chi connectivity index (χ4n) is 0.618. The summed E-state index contributed by atoms with van der Waals surface area (Å²) in [6.45, 7) is 2.04. The molecule has 1 aromatic rings. The lowest BCUT2D eigenvalue weighted by molar-refractivity contribution is 1.35. The van der Waals surface area contributed by atoms with Crippen LogP contribution < -0.4 is 0 Å². The van der Waals surface area contributed by atoms with Gasteiger partial charge in [-0.25, -0.2) is 0 Å². The van der Waals surface area contributed by atoms with Gasteiger partial charge in [0, 0.05) is 5.88 Å². The van der Waals surface area contributed by atoms with E-state index in [2.05, 4.69) is 6.07 Å². The Morgan fingerprint density at radius 1 is 1.56 bits per heavy atom. The standard InChI is InChI=1S/C8H8Cl/c1-7-2-4-8(6-9)5-3-7/h2-4H,6H2,1H3. The summed E-state index contributed by atoms with van der Waals surface area (Å²) < 4.78 is 0. The van der Waals surface area contributed by atoms with E-state index in [1.54, 1.807) is 0 Å². The van der Waals surface area contributed by atoms with Crippen LogP contribution in [-0.4, -0.2) is 0 Å². The highest BCUT2D eigenvalue weighted by molar-refractivity contribution is 6.17. The zero-order valence-electron chi connectivity index (χ0n) is 5.32. The molecule has 0 N–H and O–H groups in total. The second kappa shape index (κ2) is 2.88. The van der Waals surface area contributed by atoms with Gasteiger partial charge in [-0.1, -0.05) is 23.8 Å². The number of benzene rings is 1. The lowest BCUT2D eigenvalue weighted by atomic mass is 10.2. The molecule has 0 aliphatic rings. The Bertz CT molecular complexity index is 176. The molecule has 0 aliphatic carbocycles. The molecule has 0 saturated carbocycles. The highest BCUT2D eigenvalue weighted by Gasteiger charge is 1.86. The average molecular weight is 140 g/mol. The van der Waals surface area contributed by atoms with Crippen molar-refractivity contribution in [3.8, 4) is 0 Å². The molecule has 0 aliphatic heterocycles. The number of halogens is 1. The molecule has 0 amide bonds. The first-order valence-electron chi connectivity index (χ1n) is 2.86. The predicted octanol–water partition coefficient (Wildman–Crippen LogP) is 2.53. The van der Waals surface area contributed by atoms with Crippen molar-refractivity contribution in [3.05, 3.63) is 35.4 Å². The van der Waals surface area contributed by atoms with E-state index in [-0.39, 0.29) is 0 Å². The van der Waals surface area contributed by atoms with Gasteiger partial charge >= 0.3 is 0 Å². The van der Waals surface area contributed by atoms with Gasteiger partial charge in [-0.2, -0.15) is 0 Å². The molecule has 1 aromatic carbocycles. The van der Waals surface area contributed by atoms with Crippen LogP contribution in [0.5, 0.6) is 0 Å². The van der Waals surface area contributed by atoms with Crippen LogP contribution in [-0.2, 0) is 5.88 Å². The quantitative estimate of drug-likeness (QED) is 0.525. The average Bonchev–Trinajstić information content (AvgIpc) is 1.90. The fourth-order valence-corrected chi connectivity index (χ4v) is 0.784. The summed E-state index contributed by atoms with van der Waals surface area (Å²) in [6.07, 6.45) is 0. The van der Waals surface area contributed by atoms with E-state index in [9.17, 15) is 0 Å². The SMILES string of the molecule is Cc1c[c]c(CCl)cc1. The number of rotatable bonds is 1. The third-order valence-electron chi connectivity index (χ3n) is 1.18. The molecule has 47 valence electrons. The van der Waals surface area contributed by atoms with Crippen molar-refractivity contribution in [2.75, 3.05) is 0 Å². The molecule has 0 fully saturated rings. The summed E-state index contributed by atoms with van der Waals surface area (Å²) in [4.78, 5) is 0. The minimum Gasteiger partial charge on any atom is -0.122 e. The predicted molar refractivity (Wildman–Crippen MR) is 39.6 cm³/mol. The van der Waals surface area contributed by atoms with Gasteiger partial charge in [0.1, 0.15) is 0 Å². The first kappa shape index (κ1) is 6.63. The van der Waals surface area contributed by atoms with Crippen LogP contribution in [0.4, 0.5) is 0 Å². The van der Waals surface area contributed by atoms with Crippen LogP contribution in [0.3, 0.4) is 0 Å². The summed E-state index contributed by atoms with van der Waals surface area (Å²) in [5, 5.41) is 0. The highest BCUT2D eigenvalue weighted by Crippen LogP contribution is 2.03. The van der Waals surface area contributed by atoms with Gasteiger partial charge in [0.15, 0.2) is 0 Å². The maximum Gasteiger partial charge on any atom is 0.0480 e. The molecule has 0 atom stereocenters. The van der Waals surface area contributed by atoms with Gasteiger partial charge in [0.05, 0.1) is 0 Å². The zero-order chi connectivity index (χ0) is 6.69. The van der Waals surface area contributed by atoms with Gasteiger partial charge in [-0.05, 0) is 18.6 Å². The van der Waals surface area contributed by atoms with E-state index in [0.717, 1.165) is 5.56 Å². The molecule has 0 bridgehead atoms. The van der Waals surface area contributed by atoms with Crippen LogP contribution >= 0.6 is 11.6 Å². The summed E-state index contributed by atoms with van der Waals surface area (Å²) in [7, 11) is 0. The Morgan fingerprint density at radius 3 is 2.78 bits per heavy atom. The summed E-state index contributed by atoms with van der Waals surface area (Å²) in [5.41, 5.74) is 2.28. The zero-order valence-corrected chi connectivity index (χ0v) is 6.07. The Morgan fingerprint density at radius 2 is 2.33 bits per heavy atom. The van der Waals surface area contributed by atoms with Crippen molar-refractivity contribution >= 4 is 11.6 Å². The van der Waals surface area contributed by atoms with Gasteiger partial charge in [0.2, 0.25) is 0 Å². The molecule has 0 saturated heterocycles. The number of hydrogen-bond acceptors (Lipinski definition) is 0. The third-order valence-corrected chi connectivity index (χ3v) is 1.46.